The molecular weight excluding hydrogens is 278 g/mol. The average molecular weight is 292 g/mol. The fraction of sp³-hybridized carbons (Fsp3) is 0.118. The van der Waals surface area contributed by atoms with Gasteiger partial charge in [0.05, 0.1) is 11.6 Å². The van der Waals surface area contributed by atoms with Crippen molar-refractivity contribution >= 4 is 16.8 Å². The van der Waals surface area contributed by atoms with Gasteiger partial charge >= 0.3 is 0 Å². The number of benzene rings is 1. The van der Waals surface area contributed by atoms with Crippen LogP contribution < -0.4 is 9.88 Å². The highest BCUT2D eigenvalue weighted by Crippen LogP contribution is 2.26. The Bertz CT molecular complexity index is 846. The number of pyridine rings is 1. The summed E-state index contributed by atoms with van der Waals surface area (Å²) in [4.78, 5) is 16.4. The SMILES string of the molecule is C[n+]1ccc#cc1CNC(=O)c1ccc2cccnc2c1O. The number of phenols is 1. The zero-order valence-electron chi connectivity index (χ0n) is 12.0. The molecule has 0 unspecified atom stereocenters. The Morgan fingerprint density at radius 3 is 3.09 bits per heavy atom. The summed E-state index contributed by atoms with van der Waals surface area (Å²) < 4.78 is 1.85. The molecular formula is C17H14N3O2+. The number of carbonyl (C=O) groups is 1. The number of nitrogens with zero attached hydrogens (tertiary/aromatic N) is 2. The van der Waals surface area contributed by atoms with Crippen molar-refractivity contribution in [1.29, 1.82) is 0 Å². The summed E-state index contributed by atoms with van der Waals surface area (Å²) in [5.74, 6) is -0.467. The van der Waals surface area contributed by atoms with E-state index in [2.05, 4.69) is 22.4 Å². The smallest absolute Gasteiger partial charge is 0.255 e. The van der Waals surface area contributed by atoms with Crippen molar-refractivity contribution in [3.05, 3.63) is 66.1 Å². The van der Waals surface area contributed by atoms with E-state index in [1.54, 1.807) is 30.5 Å². The fourth-order valence-electron chi connectivity index (χ4n) is 2.19. The number of aryl methyl sites for hydroxylation is 1. The van der Waals surface area contributed by atoms with Crippen LogP contribution >= 0.6 is 0 Å². The number of amides is 1. The molecule has 2 aromatic heterocycles. The monoisotopic (exact) mass is 292 g/mol. The van der Waals surface area contributed by atoms with Crippen molar-refractivity contribution < 1.29 is 14.5 Å². The number of carbonyl (C=O) groups excluding carboxylic acids is 1. The first-order valence-electron chi connectivity index (χ1n) is 6.78. The minimum absolute atomic E-state index is 0.108. The molecule has 0 radical (unpaired) electrons. The lowest BCUT2D eigenvalue weighted by Gasteiger charge is -2.07. The van der Waals surface area contributed by atoms with Crippen molar-refractivity contribution in [3.63, 3.8) is 0 Å². The second kappa shape index (κ2) is 5.70. The number of aromatic hydroxyl groups is 1. The molecule has 0 aliphatic heterocycles. The lowest BCUT2D eigenvalue weighted by atomic mass is 10.1. The van der Waals surface area contributed by atoms with Crippen LogP contribution in [-0.2, 0) is 13.6 Å². The number of rotatable bonds is 3. The molecule has 5 nitrogen and oxygen atoms in total. The predicted octanol–water partition coefficient (Wildman–Crippen LogP) is 1.30. The van der Waals surface area contributed by atoms with Crippen molar-refractivity contribution in [2.75, 3.05) is 0 Å². The highest BCUT2D eigenvalue weighted by Gasteiger charge is 2.15. The lowest BCUT2D eigenvalue weighted by molar-refractivity contribution is -0.679. The first kappa shape index (κ1) is 13.8. The van der Waals surface area contributed by atoms with Gasteiger partial charge in [0.15, 0.2) is 11.9 Å². The van der Waals surface area contributed by atoms with E-state index >= 15 is 0 Å². The van der Waals surface area contributed by atoms with Gasteiger partial charge < -0.3 is 10.4 Å². The van der Waals surface area contributed by atoms with Gasteiger partial charge in [-0.25, -0.2) is 0 Å². The Morgan fingerprint density at radius 1 is 1.41 bits per heavy atom. The summed E-state index contributed by atoms with van der Waals surface area (Å²) in [6, 6.07) is 14.5. The van der Waals surface area contributed by atoms with Crippen molar-refractivity contribution in [1.82, 2.24) is 10.3 Å². The minimum atomic E-state index is -0.359. The Morgan fingerprint density at radius 2 is 2.27 bits per heavy atom. The van der Waals surface area contributed by atoms with Crippen LogP contribution in [0.25, 0.3) is 10.9 Å². The normalized spacial score (nSPS) is 10.2. The maximum absolute atomic E-state index is 12.3. The van der Waals surface area contributed by atoms with E-state index < -0.39 is 0 Å². The quantitative estimate of drug-likeness (QED) is 0.715. The molecule has 0 spiro atoms. The third kappa shape index (κ3) is 2.54. The van der Waals surface area contributed by atoms with Crippen LogP contribution in [-0.4, -0.2) is 16.0 Å². The molecule has 22 heavy (non-hydrogen) atoms. The van der Waals surface area contributed by atoms with Crippen LogP contribution in [0.4, 0.5) is 0 Å². The van der Waals surface area contributed by atoms with E-state index in [9.17, 15) is 9.90 Å². The van der Waals surface area contributed by atoms with Crippen LogP contribution in [0.2, 0.25) is 0 Å². The van der Waals surface area contributed by atoms with Gasteiger partial charge in [0.1, 0.15) is 19.1 Å². The Labute approximate surface area is 127 Å². The van der Waals surface area contributed by atoms with Gasteiger partial charge in [0.2, 0.25) is 0 Å². The number of hydrogen-bond acceptors (Lipinski definition) is 3. The molecule has 2 N–H and O–H groups in total. The Hall–Kier alpha value is -3.13. The molecule has 5 heteroatoms. The van der Waals surface area contributed by atoms with Gasteiger partial charge in [-0.05, 0) is 12.1 Å². The van der Waals surface area contributed by atoms with Crippen LogP contribution in [0.15, 0.2) is 42.7 Å². The summed E-state index contributed by atoms with van der Waals surface area (Å²) in [7, 11) is 1.86. The van der Waals surface area contributed by atoms with Crippen molar-refractivity contribution in [2.24, 2.45) is 7.05 Å². The topological polar surface area (TPSA) is 66.1 Å². The lowest BCUT2D eigenvalue weighted by Crippen LogP contribution is -2.36. The summed E-state index contributed by atoms with van der Waals surface area (Å²) in [5, 5.41) is 13.8. The van der Waals surface area contributed by atoms with Gasteiger partial charge in [-0.2, -0.15) is 4.57 Å². The average Bonchev–Trinajstić information content (AvgIpc) is 2.54. The maximum Gasteiger partial charge on any atom is 0.255 e. The zero-order chi connectivity index (χ0) is 15.5. The van der Waals surface area contributed by atoms with Crippen molar-refractivity contribution in [2.45, 2.75) is 6.54 Å². The third-order valence-corrected chi connectivity index (χ3v) is 3.43. The van der Waals surface area contributed by atoms with Gasteiger partial charge in [0, 0.05) is 17.6 Å². The summed E-state index contributed by atoms with van der Waals surface area (Å²) >= 11 is 0. The molecule has 3 aromatic rings. The van der Waals surface area contributed by atoms with E-state index in [0.29, 0.717) is 12.1 Å². The minimum Gasteiger partial charge on any atom is -0.505 e. The number of fused-ring (bicyclic) bond motifs is 1. The number of hydrogen-bond donors (Lipinski definition) is 2. The van der Waals surface area contributed by atoms with Crippen LogP contribution in [0.5, 0.6) is 5.75 Å². The maximum atomic E-state index is 12.3. The molecule has 0 saturated carbocycles. The number of aromatic nitrogens is 2. The molecule has 3 rings (SSSR count). The highest BCUT2D eigenvalue weighted by atomic mass is 16.3. The first-order chi connectivity index (χ1) is 10.7. The number of nitrogens with one attached hydrogen (secondary N) is 1. The molecule has 0 aliphatic rings. The second-order valence-corrected chi connectivity index (χ2v) is 4.86. The predicted molar refractivity (Wildman–Crippen MR) is 79.9 cm³/mol. The van der Waals surface area contributed by atoms with Gasteiger partial charge in [0.25, 0.3) is 11.6 Å². The van der Waals surface area contributed by atoms with Crippen molar-refractivity contribution in [3.8, 4) is 5.75 Å². The van der Waals surface area contributed by atoms with Gasteiger partial charge in [-0.15, -0.1) is 0 Å². The summed E-state index contributed by atoms with van der Waals surface area (Å²) in [6.45, 7) is 0.298. The molecule has 0 aliphatic carbocycles. The van der Waals surface area contributed by atoms with Crippen LogP contribution in [0, 0.1) is 12.1 Å². The molecule has 0 atom stereocenters. The first-order valence-corrected chi connectivity index (χ1v) is 6.78. The fourth-order valence-corrected chi connectivity index (χ4v) is 2.19. The Balaban J connectivity index is 1.84. The van der Waals surface area contributed by atoms with E-state index in [-0.39, 0.29) is 17.2 Å². The largest absolute Gasteiger partial charge is 0.505 e. The van der Waals surface area contributed by atoms with Crippen LogP contribution in [0.3, 0.4) is 0 Å². The molecule has 0 fully saturated rings. The molecule has 2 heterocycles. The van der Waals surface area contributed by atoms with E-state index in [4.69, 9.17) is 0 Å². The standard InChI is InChI=1S/C17H13N3O2/c1-20-10-3-2-6-13(20)11-19-17(22)14-8-7-12-5-4-9-18-15(12)16(14)21/h3-5,7-10H,11H2,1H3,(H-,19,21,22)/p+1. The highest BCUT2D eigenvalue weighted by molar-refractivity contribution is 6.02. The van der Waals surface area contributed by atoms with Crippen LogP contribution in [0.1, 0.15) is 16.1 Å². The summed E-state index contributed by atoms with van der Waals surface area (Å²) in [6.07, 6.45) is 3.41. The molecule has 1 amide bonds. The van der Waals surface area contributed by atoms with E-state index in [1.807, 2.05) is 23.9 Å². The second-order valence-electron chi connectivity index (χ2n) is 4.86. The van der Waals surface area contributed by atoms with E-state index in [0.717, 1.165) is 11.1 Å². The molecule has 0 saturated heterocycles. The third-order valence-electron chi connectivity index (χ3n) is 3.43. The molecule has 108 valence electrons. The summed E-state index contributed by atoms with van der Waals surface area (Å²) in [5.41, 5.74) is 1.41. The van der Waals surface area contributed by atoms with Gasteiger partial charge in [-0.3, -0.25) is 9.78 Å². The van der Waals surface area contributed by atoms with Gasteiger partial charge in [-0.1, -0.05) is 18.2 Å². The number of phenolic OH excluding ortho intramolecular Hbond substituents is 1. The van der Waals surface area contributed by atoms with E-state index in [1.165, 1.54) is 0 Å². The molecule has 1 aromatic carbocycles. The zero-order valence-corrected chi connectivity index (χ0v) is 12.0. The Kier molecular flexibility index (Phi) is 3.58. The molecule has 0 bridgehead atoms.